The Hall–Kier alpha value is -2.53. The molecule has 1 heterocycles. The molecule has 0 unspecified atom stereocenters. The maximum absolute atomic E-state index is 14.0. The Balaban J connectivity index is 2.15. The average Bonchev–Trinajstić information content (AvgIpc) is 2.42. The second kappa shape index (κ2) is 6.08. The minimum Gasteiger partial charge on any atom is -0.358 e. The first-order valence-electron chi connectivity index (χ1n) is 6.14. The highest BCUT2D eigenvalue weighted by molar-refractivity contribution is 5.83. The molecule has 0 N–H and O–H groups in total. The van der Waals surface area contributed by atoms with Crippen molar-refractivity contribution >= 4 is 17.3 Å². The number of amides is 1. The van der Waals surface area contributed by atoms with E-state index < -0.39 is 5.82 Å². The molecule has 0 radical (unpaired) electrons. The van der Waals surface area contributed by atoms with Crippen molar-refractivity contribution in [2.75, 3.05) is 31.1 Å². The number of carbonyl (C=O) groups is 1. The third-order valence-corrected chi connectivity index (χ3v) is 3.10. The zero-order chi connectivity index (χ0) is 14.5. The molecule has 1 aromatic rings. The third-order valence-electron chi connectivity index (χ3n) is 3.10. The third kappa shape index (κ3) is 2.89. The van der Waals surface area contributed by atoms with Gasteiger partial charge in [-0.15, -0.1) is 6.58 Å². The van der Waals surface area contributed by atoms with Crippen LogP contribution in [0.15, 0.2) is 36.0 Å². The number of hydrogen-bond donors (Lipinski definition) is 0. The highest BCUT2D eigenvalue weighted by Crippen LogP contribution is 2.25. The predicted molar refractivity (Wildman–Crippen MR) is 74.2 cm³/mol. The van der Waals surface area contributed by atoms with E-state index in [0.717, 1.165) is 6.07 Å². The fourth-order valence-corrected chi connectivity index (χ4v) is 2.13. The largest absolute Gasteiger partial charge is 0.358 e. The van der Waals surface area contributed by atoms with Crippen LogP contribution in [0.4, 0.5) is 15.8 Å². The molecule has 1 aliphatic heterocycles. The van der Waals surface area contributed by atoms with Crippen LogP contribution in [0.3, 0.4) is 0 Å². The van der Waals surface area contributed by atoms with E-state index in [4.69, 9.17) is 5.53 Å². The van der Waals surface area contributed by atoms with Gasteiger partial charge in [0.05, 0.1) is 12.2 Å². The SMILES string of the molecule is C=CCN1CCN(c2ccc(N=[N+]=[N-])cc2F)CC1=O. The molecule has 7 heteroatoms. The number of anilines is 1. The molecule has 104 valence electrons. The van der Waals surface area contributed by atoms with Gasteiger partial charge in [0.1, 0.15) is 5.82 Å². The maximum Gasteiger partial charge on any atom is 0.242 e. The van der Waals surface area contributed by atoms with Crippen LogP contribution in [0.25, 0.3) is 10.4 Å². The molecule has 0 spiro atoms. The lowest BCUT2D eigenvalue weighted by molar-refractivity contribution is -0.130. The minimum atomic E-state index is -0.500. The van der Waals surface area contributed by atoms with E-state index in [9.17, 15) is 9.18 Å². The van der Waals surface area contributed by atoms with Crippen LogP contribution in [0, 0.1) is 5.82 Å². The van der Waals surface area contributed by atoms with E-state index >= 15 is 0 Å². The smallest absolute Gasteiger partial charge is 0.242 e. The van der Waals surface area contributed by atoms with Crippen molar-refractivity contribution in [1.29, 1.82) is 0 Å². The number of benzene rings is 1. The molecule has 6 nitrogen and oxygen atoms in total. The summed E-state index contributed by atoms with van der Waals surface area (Å²) in [6.45, 7) is 5.32. The van der Waals surface area contributed by atoms with Crippen molar-refractivity contribution in [3.63, 3.8) is 0 Å². The lowest BCUT2D eigenvalue weighted by atomic mass is 10.2. The van der Waals surface area contributed by atoms with Crippen molar-refractivity contribution in [2.24, 2.45) is 5.11 Å². The van der Waals surface area contributed by atoms with Crippen molar-refractivity contribution in [3.05, 3.63) is 47.1 Å². The van der Waals surface area contributed by atoms with Gasteiger partial charge in [-0.3, -0.25) is 4.79 Å². The Bertz CT molecular complexity index is 582. The van der Waals surface area contributed by atoms with Gasteiger partial charge in [-0.1, -0.05) is 17.3 Å². The van der Waals surface area contributed by atoms with E-state index in [1.165, 1.54) is 12.1 Å². The van der Waals surface area contributed by atoms with Crippen LogP contribution in [-0.4, -0.2) is 37.0 Å². The van der Waals surface area contributed by atoms with Gasteiger partial charge in [0.25, 0.3) is 0 Å². The lowest BCUT2D eigenvalue weighted by Crippen LogP contribution is -2.50. The molecule has 1 saturated heterocycles. The number of carbonyl (C=O) groups excluding carboxylic acids is 1. The summed E-state index contributed by atoms with van der Waals surface area (Å²) >= 11 is 0. The van der Waals surface area contributed by atoms with Crippen LogP contribution in [0.2, 0.25) is 0 Å². The molecule has 0 atom stereocenters. The molecule has 1 aliphatic rings. The Morgan fingerprint density at radius 3 is 2.90 bits per heavy atom. The zero-order valence-electron chi connectivity index (χ0n) is 10.9. The summed E-state index contributed by atoms with van der Waals surface area (Å²) in [4.78, 5) is 17.9. The van der Waals surface area contributed by atoms with E-state index in [1.807, 2.05) is 0 Å². The summed E-state index contributed by atoms with van der Waals surface area (Å²) in [6.07, 6.45) is 1.67. The number of halogens is 1. The van der Waals surface area contributed by atoms with Crippen molar-refractivity contribution in [1.82, 2.24) is 4.90 Å². The first kappa shape index (κ1) is 13.9. The summed E-state index contributed by atoms with van der Waals surface area (Å²) < 4.78 is 14.0. The highest BCUT2D eigenvalue weighted by Gasteiger charge is 2.24. The van der Waals surface area contributed by atoms with E-state index in [0.29, 0.717) is 25.3 Å². The average molecular weight is 275 g/mol. The molecular formula is C13H14FN5O. The molecular weight excluding hydrogens is 261 g/mol. The number of azide groups is 1. The molecule has 2 rings (SSSR count). The summed E-state index contributed by atoms with van der Waals surface area (Å²) in [5.74, 6) is -0.561. The number of piperazine rings is 1. The summed E-state index contributed by atoms with van der Waals surface area (Å²) in [5.41, 5.74) is 8.86. The molecule has 0 bridgehead atoms. The minimum absolute atomic E-state index is 0.0605. The Morgan fingerprint density at radius 2 is 2.30 bits per heavy atom. The monoisotopic (exact) mass is 275 g/mol. The molecule has 1 fully saturated rings. The standard InChI is InChI=1S/C13H14FN5O/c1-2-5-18-6-7-19(9-13(18)20)12-4-3-10(16-17-15)8-11(12)14/h2-4,8H,1,5-7,9H2. The fraction of sp³-hybridized carbons (Fsp3) is 0.308. The van der Waals surface area contributed by atoms with Gasteiger partial charge in [0.2, 0.25) is 5.91 Å². The van der Waals surface area contributed by atoms with Crippen LogP contribution in [-0.2, 0) is 4.79 Å². The van der Waals surface area contributed by atoms with Gasteiger partial charge in [0.15, 0.2) is 0 Å². The van der Waals surface area contributed by atoms with Crippen LogP contribution < -0.4 is 4.90 Å². The van der Waals surface area contributed by atoms with Crippen LogP contribution in [0.5, 0.6) is 0 Å². The second-order valence-corrected chi connectivity index (χ2v) is 4.38. The van der Waals surface area contributed by atoms with Crippen LogP contribution >= 0.6 is 0 Å². The first-order chi connectivity index (χ1) is 9.65. The van der Waals surface area contributed by atoms with Gasteiger partial charge < -0.3 is 9.80 Å². The van der Waals surface area contributed by atoms with Gasteiger partial charge in [-0.25, -0.2) is 4.39 Å². The summed E-state index contributed by atoms with van der Waals surface area (Å²) in [5, 5.41) is 3.34. The number of hydrogen-bond acceptors (Lipinski definition) is 3. The Morgan fingerprint density at radius 1 is 1.50 bits per heavy atom. The maximum atomic E-state index is 14.0. The normalized spacial score (nSPS) is 14.9. The van der Waals surface area contributed by atoms with E-state index in [2.05, 4.69) is 16.6 Å². The number of rotatable bonds is 4. The second-order valence-electron chi connectivity index (χ2n) is 4.38. The van der Waals surface area contributed by atoms with Gasteiger partial charge in [-0.2, -0.15) is 0 Å². The molecule has 0 saturated carbocycles. The van der Waals surface area contributed by atoms with Gasteiger partial charge >= 0.3 is 0 Å². The number of nitrogens with zero attached hydrogens (tertiary/aromatic N) is 5. The summed E-state index contributed by atoms with van der Waals surface area (Å²) in [6, 6.07) is 4.21. The van der Waals surface area contributed by atoms with Crippen molar-refractivity contribution in [3.8, 4) is 0 Å². The first-order valence-corrected chi connectivity index (χ1v) is 6.14. The lowest BCUT2D eigenvalue weighted by Gasteiger charge is -2.35. The summed E-state index contributed by atoms with van der Waals surface area (Å²) in [7, 11) is 0. The highest BCUT2D eigenvalue weighted by atomic mass is 19.1. The Labute approximate surface area is 115 Å². The molecule has 0 aromatic heterocycles. The Kier molecular flexibility index (Phi) is 4.22. The predicted octanol–water partition coefficient (Wildman–Crippen LogP) is 2.60. The topological polar surface area (TPSA) is 72.3 Å². The molecule has 1 amide bonds. The molecule has 20 heavy (non-hydrogen) atoms. The van der Waals surface area contributed by atoms with Crippen molar-refractivity contribution < 1.29 is 9.18 Å². The fourth-order valence-electron chi connectivity index (χ4n) is 2.13. The molecule has 1 aromatic carbocycles. The van der Waals surface area contributed by atoms with Crippen molar-refractivity contribution in [2.45, 2.75) is 0 Å². The molecule has 0 aliphatic carbocycles. The van der Waals surface area contributed by atoms with Gasteiger partial charge in [0, 0.05) is 30.2 Å². The van der Waals surface area contributed by atoms with Crippen LogP contribution in [0.1, 0.15) is 0 Å². The zero-order valence-corrected chi connectivity index (χ0v) is 10.9. The quantitative estimate of drug-likeness (QED) is 0.366. The van der Waals surface area contributed by atoms with E-state index in [1.54, 1.807) is 15.9 Å². The van der Waals surface area contributed by atoms with Gasteiger partial charge in [-0.05, 0) is 17.7 Å². The van der Waals surface area contributed by atoms with E-state index in [-0.39, 0.29) is 18.1 Å².